The fourth-order valence-corrected chi connectivity index (χ4v) is 2.68. The van der Waals surface area contributed by atoms with Gasteiger partial charge in [-0.15, -0.1) is 0 Å². The van der Waals surface area contributed by atoms with Crippen molar-refractivity contribution in [3.8, 4) is 0 Å². The zero-order chi connectivity index (χ0) is 9.53. The molecule has 13 heavy (non-hydrogen) atoms. The summed E-state index contributed by atoms with van der Waals surface area (Å²) in [5, 5.41) is 0. The zero-order valence-electron chi connectivity index (χ0n) is 7.86. The second-order valence-corrected chi connectivity index (χ2v) is 4.68. The van der Waals surface area contributed by atoms with Crippen LogP contribution in [0.5, 0.6) is 0 Å². The van der Waals surface area contributed by atoms with Gasteiger partial charge in [0, 0.05) is 11.8 Å². The summed E-state index contributed by atoms with van der Waals surface area (Å²) in [4.78, 5) is 0. The third-order valence-electron chi connectivity index (χ3n) is 3.85. The van der Waals surface area contributed by atoms with Crippen LogP contribution in [0.3, 0.4) is 0 Å². The number of rotatable bonds is 2. The van der Waals surface area contributed by atoms with Crippen LogP contribution in [0.15, 0.2) is 0 Å². The van der Waals surface area contributed by atoms with Gasteiger partial charge < -0.3 is 5.73 Å². The SMILES string of the molecule is NCCC1CCC2(CC1)CC2(F)F. The molecule has 2 rings (SSSR count). The number of hydrogen-bond acceptors (Lipinski definition) is 1. The molecule has 0 heterocycles. The summed E-state index contributed by atoms with van der Waals surface area (Å²) in [6.45, 7) is 0.702. The Morgan fingerprint density at radius 2 is 1.77 bits per heavy atom. The Balaban J connectivity index is 1.84. The first-order valence-corrected chi connectivity index (χ1v) is 5.18. The molecule has 0 aromatic rings. The number of nitrogens with two attached hydrogens (primary N) is 1. The fraction of sp³-hybridized carbons (Fsp3) is 1.00. The van der Waals surface area contributed by atoms with E-state index in [0.717, 1.165) is 32.1 Å². The summed E-state index contributed by atoms with van der Waals surface area (Å²) in [6, 6.07) is 0. The van der Waals surface area contributed by atoms with Crippen molar-refractivity contribution < 1.29 is 8.78 Å². The first kappa shape index (κ1) is 9.38. The highest BCUT2D eigenvalue weighted by Gasteiger charge is 2.70. The van der Waals surface area contributed by atoms with Crippen molar-refractivity contribution in [3.63, 3.8) is 0 Å². The lowest BCUT2D eigenvalue weighted by atomic mass is 9.78. The molecule has 0 aliphatic heterocycles. The van der Waals surface area contributed by atoms with Crippen molar-refractivity contribution in [3.05, 3.63) is 0 Å². The largest absolute Gasteiger partial charge is 0.330 e. The van der Waals surface area contributed by atoms with Crippen molar-refractivity contribution in [1.82, 2.24) is 0 Å². The van der Waals surface area contributed by atoms with Gasteiger partial charge in [0.2, 0.25) is 0 Å². The lowest BCUT2D eigenvalue weighted by Gasteiger charge is -2.28. The Bertz CT molecular complexity index is 195. The Morgan fingerprint density at radius 1 is 1.23 bits per heavy atom. The minimum Gasteiger partial charge on any atom is -0.330 e. The maximum atomic E-state index is 13.0. The molecule has 0 aromatic heterocycles. The van der Waals surface area contributed by atoms with E-state index in [1.54, 1.807) is 0 Å². The van der Waals surface area contributed by atoms with Crippen molar-refractivity contribution in [1.29, 1.82) is 0 Å². The van der Waals surface area contributed by atoms with Crippen LogP contribution < -0.4 is 5.73 Å². The van der Waals surface area contributed by atoms with E-state index in [4.69, 9.17) is 5.73 Å². The molecule has 2 N–H and O–H groups in total. The molecule has 2 aliphatic carbocycles. The summed E-state index contributed by atoms with van der Waals surface area (Å²) in [7, 11) is 0. The first-order valence-electron chi connectivity index (χ1n) is 5.18. The molecule has 2 aliphatic rings. The van der Waals surface area contributed by atoms with Gasteiger partial charge in [0.25, 0.3) is 5.92 Å². The van der Waals surface area contributed by atoms with Crippen LogP contribution in [0.25, 0.3) is 0 Å². The number of halogens is 2. The summed E-state index contributed by atoms with van der Waals surface area (Å²) in [5.74, 6) is -1.72. The second kappa shape index (κ2) is 2.91. The molecule has 2 fully saturated rings. The number of alkyl halides is 2. The van der Waals surface area contributed by atoms with E-state index in [0.29, 0.717) is 12.5 Å². The van der Waals surface area contributed by atoms with E-state index in [-0.39, 0.29) is 6.42 Å². The highest BCUT2D eigenvalue weighted by molar-refractivity contribution is 5.11. The van der Waals surface area contributed by atoms with Gasteiger partial charge in [0.1, 0.15) is 0 Å². The van der Waals surface area contributed by atoms with E-state index in [2.05, 4.69) is 0 Å². The average Bonchev–Trinajstić information content (AvgIpc) is 2.59. The van der Waals surface area contributed by atoms with Crippen LogP contribution in [0.1, 0.15) is 38.5 Å². The predicted molar refractivity (Wildman–Crippen MR) is 47.6 cm³/mol. The van der Waals surface area contributed by atoms with Crippen LogP contribution >= 0.6 is 0 Å². The highest BCUT2D eigenvalue weighted by atomic mass is 19.3. The highest BCUT2D eigenvalue weighted by Crippen LogP contribution is 2.68. The Morgan fingerprint density at radius 3 is 2.15 bits per heavy atom. The van der Waals surface area contributed by atoms with Gasteiger partial charge >= 0.3 is 0 Å². The number of hydrogen-bond donors (Lipinski definition) is 1. The molecule has 1 nitrogen and oxygen atoms in total. The Hall–Kier alpha value is -0.180. The summed E-state index contributed by atoms with van der Waals surface area (Å²) < 4.78 is 25.9. The quantitative estimate of drug-likeness (QED) is 0.709. The van der Waals surface area contributed by atoms with Gasteiger partial charge in [-0.3, -0.25) is 0 Å². The van der Waals surface area contributed by atoms with E-state index < -0.39 is 11.3 Å². The Kier molecular flexibility index (Phi) is 2.10. The first-order chi connectivity index (χ1) is 6.10. The smallest absolute Gasteiger partial charge is 0.254 e. The predicted octanol–water partition coefficient (Wildman–Crippen LogP) is 2.55. The van der Waals surface area contributed by atoms with Gasteiger partial charge in [0.05, 0.1) is 0 Å². The van der Waals surface area contributed by atoms with Gasteiger partial charge in [-0.25, -0.2) is 8.78 Å². The van der Waals surface area contributed by atoms with Crippen LogP contribution in [-0.4, -0.2) is 12.5 Å². The summed E-state index contributed by atoms with van der Waals surface area (Å²) in [6.07, 6.45) is 4.55. The average molecular weight is 189 g/mol. The molecule has 2 saturated carbocycles. The summed E-state index contributed by atoms with van der Waals surface area (Å²) in [5.41, 5.74) is 4.88. The van der Waals surface area contributed by atoms with E-state index in [1.165, 1.54) is 0 Å². The lowest BCUT2D eigenvalue weighted by molar-refractivity contribution is 0.0401. The Labute approximate surface area is 77.7 Å². The van der Waals surface area contributed by atoms with E-state index in [1.807, 2.05) is 0 Å². The molecule has 0 amide bonds. The van der Waals surface area contributed by atoms with Crippen molar-refractivity contribution >= 4 is 0 Å². The summed E-state index contributed by atoms with van der Waals surface area (Å²) >= 11 is 0. The molecule has 1 spiro atoms. The standard InChI is InChI=1S/C10H17F2N/c11-10(12)7-9(10)4-1-8(2-5-9)3-6-13/h8H,1-7,13H2. The minimum atomic E-state index is -2.33. The van der Waals surface area contributed by atoms with Crippen LogP contribution in [0.4, 0.5) is 8.78 Å². The third kappa shape index (κ3) is 1.47. The van der Waals surface area contributed by atoms with Crippen molar-refractivity contribution in [2.24, 2.45) is 17.1 Å². The van der Waals surface area contributed by atoms with Crippen molar-refractivity contribution in [2.45, 2.75) is 44.4 Å². The van der Waals surface area contributed by atoms with Crippen LogP contribution in [0, 0.1) is 11.3 Å². The third-order valence-corrected chi connectivity index (χ3v) is 3.85. The molecule has 0 aromatic carbocycles. The van der Waals surface area contributed by atoms with Gasteiger partial charge in [-0.2, -0.15) is 0 Å². The van der Waals surface area contributed by atoms with E-state index in [9.17, 15) is 8.78 Å². The molecular formula is C10H17F2N. The van der Waals surface area contributed by atoms with Gasteiger partial charge in [-0.05, 0) is 44.6 Å². The maximum absolute atomic E-state index is 13.0. The lowest BCUT2D eigenvalue weighted by Crippen LogP contribution is -2.22. The molecule has 0 atom stereocenters. The van der Waals surface area contributed by atoms with Gasteiger partial charge in [-0.1, -0.05) is 0 Å². The van der Waals surface area contributed by atoms with Crippen LogP contribution in [0.2, 0.25) is 0 Å². The maximum Gasteiger partial charge on any atom is 0.254 e. The van der Waals surface area contributed by atoms with Crippen LogP contribution in [-0.2, 0) is 0 Å². The fourth-order valence-electron chi connectivity index (χ4n) is 2.68. The van der Waals surface area contributed by atoms with E-state index >= 15 is 0 Å². The molecular weight excluding hydrogens is 172 g/mol. The van der Waals surface area contributed by atoms with Crippen molar-refractivity contribution in [2.75, 3.05) is 6.54 Å². The minimum absolute atomic E-state index is 0.148. The monoisotopic (exact) mass is 189 g/mol. The molecule has 0 bridgehead atoms. The normalized spacial score (nSPS) is 42.2. The second-order valence-electron chi connectivity index (χ2n) is 4.68. The molecule has 76 valence electrons. The molecule has 0 unspecified atom stereocenters. The topological polar surface area (TPSA) is 26.0 Å². The molecule has 0 saturated heterocycles. The zero-order valence-corrected chi connectivity index (χ0v) is 7.86. The molecule has 3 heteroatoms. The van der Waals surface area contributed by atoms with Gasteiger partial charge in [0.15, 0.2) is 0 Å². The molecule has 0 radical (unpaired) electrons.